The molecule has 0 atom stereocenters. The van der Waals surface area contributed by atoms with Crippen molar-refractivity contribution in [1.29, 1.82) is 0 Å². The van der Waals surface area contributed by atoms with E-state index >= 15 is 0 Å². The predicted octanol–water partition coefficient (Wildman–Crippen LogP) is 24.1. The topological polar surface area (TPSA) is 0 Å². The Balaban J connectivity index is 0.000000531. The van der Waals surface area contributed by atoms with Crippen molar-refractivity contribution in [3.05, 3.63) is 287 Å². The lowest BCUT2D eigenvalue weighted by molar-refractivity contribution is 1.23. The van der Waals surface area contributed by atoms with Crippen LogP contribution in [0.4, 0.5) is 0 Å². The van der Waals surface area contributed by atoms with Gasteiger partial charge in [0, 0.05) is 0 Å². The van der Waals surface area contributed by atoms with Gasteiger partial charge in [-0.3, -0.25) is 0 Å². The van der Waals surface area contributed by atoms with Crippen LogP contribution in [-0.2, 0) is 0 Å². The number of hydrogen-bond acceptors (Lipinski definition) is 0. The third kappa shape index (κ3) is 33.1. The number of hydrogen-bond donors (Lipinski definition) is 0. The van der Waals surface area contributed by atoms with E-state index in [1.54, 1.807) is 31.5 Å². The molecule has 0 radical (unpaired) electrons. The summed E-state index contributed by atoms with van der Waals surface area (Å²) in [6.45, 7) is 79.0. The molecule has 0 nitrogen and oxygen atoms in total. The van der Waals surface area contributed by atoms with Gasteiger partial charge in [0.2, 0.25) is 0 Å². The van der Waals surface area contributed by atoms with Gasteiger partial charge in [0.1, 0.15) is 0 Å². The number of rotatable bonds is 5. The van der Waals surface area contributed by atoms with E-state index in [-0.39, 0.29) is 0 Å². The monoisotopic (exact) mass is 1340 g/mol. The molecule has 0 aliphatic carbocycles. The van der Waals surface area contributed by atoms with Gasteiger partial charge in [-0.1, -0.05) is 356 Å². The first-order valence-corrected chi connectivity index (χ1v) is 52.1. The molecule has 94 heavy (non-hydrogen) atoms. The molecule has 0 saturated heterocycles. The van der Waals surface area contributed by atoms with E-state index in [9.17, 15) is 0 Å². The molecule has 0 aliphatic heterocycles. The Bertz CT molecular complexity index is 3550. The first-order chi connectivity index (χ1) is 43.1. The minimum Gasteiger partial charge on any atom is -0.0656 e. The van der Waals surface area contributed by atoms with E-state index in [0.29, 0.717) is 0 Å². The molecule has 0 fully saturated rings. The van der Waals surface area contributed by atoms with Crippen molar-refractivity contribution >= 4 is 66.3 Å². The Morgan fingerprint density at radius 2 is 0.457 bits per heavy atom. The van der Waals surface area contributed by atoms with Gasteiger partial charge in [-0.15, -0.1) is 0 Å². The van der Waals surface area contributed by atoms with Gasteiger partial charge in [-0.05, 0) is 194 Å². The van der Waals surface area contributed by atoms with Crippen LogP contribution in [0, 0.1) is 138 Å². The molecule has 0 unspecified atom stereocenters. The van der Waals surface area contributed by atoms with Crippen LogP contribution < -0.4 is 25.9 Å². The molecule has 0 amide bonds. The highest BCUT2D eigenvalue weighted by atomic mass is 28.3. The molecule has 0 saturated carbocycles. The lowest BCUT2D eigenvalue weighted by Gasteiger charge is -2.26. The fourth-order valence-electron chi connectivity index (χ4n) is 11.0. The minimum absolute atomic E-state index is 1.06. The highest BCUT2D eigenvalue weighted by Crippen LogP contribution is 2.16. The Morgan fingerprint density at radius 3 is 0.766 bits per heavy atom. The SMILES string of the molecule is Cc1c([Si](C)(C)C)cccc1[Si](C)(C)C.Cc1cc(C)c(C)c(C)c1.Cc1cc(C)cc(C)c1.Cc1ccc(C)c(C)c1.Cc1ccc(C)c(C)c1.Cc1ccc([Si](C)(C)C)cc1.Cc1cccc(C)c1C.Cc1cccc([Si](C)(C)C)c1.Cc1ccccc1[Si](C)(C)C. The molecule has 9 rings (SSSR count). The summed E-state index contributed by atoms with van der Waals surface area (Å²) in [7, 11) is -5.53. The van der Waals surface area contributed by atoms with Gasteiger partial charge in [0.25, 0.3) is 0 Å². The van der Waals surface area contributed by atoms with Crippen molar-refractivity contribution < 1.29 is 0 Å². The zero-order valence-electron chi connectivity index (χ0n) is 66.7. The molecule has 5 heteroatoms. The smallest absolute Gasteiger partial charge is 0.0656 e. The van der Waals surface area contributed by atoms with Crippen molar-refractivity contribution in [2.24, 2.45) is 0 Å². The summed E-state index contributed by atoms with van der Waals surface area (Å²) in [5.41, 5.74) is 27.8. The molecule has 0 bridgehead atoms. The van der Waals surface area contributed by atoms with Crippen LogP contribution >= 0.6 is 0 Å². The van der Waals surface area contributed by atoms with Crippen molar-refractivity contribution in [1.82, 2.24) is 0 Å². The summed E-state index contributed by atoms with van der Waals surface area (Å²) in [5.74, 6) is 0. The Morgan fingerprint density at radius 1 is 0.160 bits per heavy atom. The fourth-order valence-corrected chi connectivity index (χ4v) is 19.1. The van der Waals surface area contributed by atoms with Crippen molar-refractivity contribution in [2.75, 3.05) is 0 Å². The highest BCUT2D eigenvalue weighted by molar-refractivity contribution is 6.92. The average Bonchev–Trinajstić information content (AvgIpc) is 0.802. The number of aryl methyl sites for hydroxylation is 17. The van der Waals surface area contributed by atoms with Crippen LogP contribution in [0.5, 0.6) is 0 Å². The van der Waals surface area contributed by atoms with Gasteiger partial charge in [0.05, 0.1) is 40.4 Å². The second kappa shape index (κ2) is 39.3. The summed E-state index contributed by atoms with van der Waals surface area (Å²) >= 11 is 0. The molecular formula is C89H134Si5. The Kier molecular flexibility index (Phi) is 36.0. The summed E-state index contributed by atoms with van der Waals surface area (Å²) in [6, 6.07) is 63.9. The molecule has 0 heterocycles. The zero-order chi connectivity index (χ0) is 72.4. The molecule has 0 aromatic heterocycles. The molecular weight excluding hydrogens is 1210 g/mol. The summed E-state index contributed by atoms with van der Waals surface area (Å²) in [5, 5.41) is 7.96. The largest absolute Gasteiger partial charge is 0.0779 e. The minimum atomic E-state index is -1.17. The summed E-state index contributed by atoms with van der Waals surface area (Å²) in [6.07, 6.45) is 0. The van der Waals surface area contributed by atoms with Crippen LogP contribution in [0.3, 0.4) is 0 Å². The second-order valence-electron chi connectivity index (χ2n) is 32.2. The van der Waals surface area contributed by atoms with E-state index in [0.717, 1.165) is 0 Å². The van der Waals surface area contributed by atoms with Crippen LogP contribution in [0.15, 0.2) is 176 Å². The predicted molar refractivity (Wildman–Crippen MR) is 448 cm³/mol. The second-order valence-corrected chi connectivity index (χ2v) is 57.4. The fraction of sp³-hybridized carbons (Fsp3) is 0.393. The van der Waals surface area contributed by atoms with Gasteiger partial charge in [-0.2, -0.15) is 0 Å². The summed E-state index contributed by atoms with van der Waals surface area (Å²) in [4.78, 5) is 0. The van der Waals surface area contributed by atoms with Crippen LogP contribution in [0.1, 0.15) is 111 Å². The van der Waals surface area contributed by atoms with E-state index in [1.807, 2.05) is 0 Å². The Hall–Kier alpha value is -5.94. The van der Waals surface area contributed by atoms with Crippen molar-refractivity contribution in [2.45, 2.75) is 237 Å². The van der Waals surface area contributed by atoms with Gasteiger partial charge in [-0.25, -0.2) is 0 Å². The van der Waals surface area contributed by atoms with E-state index < -0.39 is 40.4 Å². The van der Waals surface area contributed by atoms with E-state index in [2.05, 4.69) is 413 Å². The van der Waals surface area contributed by atoms with Crippen LogP contribution in [0.25, 0.3) is 0 Å². The van der Waals surface area contributed by atoms with Gasteiger partial charge in [0.15, 0.2) is 0 Å². The molecule has 510 valence electrons. The first-order valence-electron chi connectivity index (χ1n) is 34.6. The molecule has 9 aromatic carbocycles. The quantitative estimate of drug-likeness (QED) is 0.151. The number of benzene rings is 9. The highest BCUT2D eigenvalue weighted by Gasteiger charge is 2.25. The molecule has 0 N–H and O–H groups in total. The lowest BCUT2D eigenvalue weighted by atomic mass is 10.0. The molecule has 0 spiro atoms. The summed E-state index contributed by atoms with van der Waals surface area (Å²) < 4.78 is 0. The van der Waals surface area contributed by atoms with E-state index in [1.165, 1.54) is 106 Å². The Labute approximate surface area is 586 Å². The molecule has 0 aliphatic rings. The van der Waals surface area contributed by atoms with Gasteiger partial charge >= 0.3 is 0 Å². The third-order valence-electron chi connectivity index (χ3n) is 17.3. The maximum absolute atomic E-state index is 2.43. The van der Waals surface area contributed by atoms with Gasteiger partial charge < -0.3 is 0 Å². The van der Waals surface area contributed by atoms with Crippen LogP contribution in [-0.4, -0.2) is 40.4 Å². The lowest BCUT2D eigenvalue weighted by Crippen LogP contribution is -2.48. The maximum atomic E-state index is 2.43. The first kappa shape index (κ1) is 86.1. The van der Waals surface area contributed by atoms with Crippen LogP contribution in [0.2, 0.25) is 98.2 Å². The van der Waals surface area contributed by atoms with E-state index in [4.69, 9.17) is 0 Å². The average molecular weight is 1340 g/mol. The third-order valence-corrected chi connectivity index (χ3v) is 27.9. The van der Waals surface area contributed by atoms with Crippen molar-refractivity contribution in [3.63, 3.8) is 0 Å². The maximum Gasteiger partial charge on any atom is 0.0779 e. The zero-order valence-corrected chi connectivity index (χ0v) is 71.7. The normalized spacial score (nSPS) is 10.9. The van der Waals surface area contributed by atoms with Crippen molar-refractivity contribution in [3.8, 4) is 0 Å². The molecule has 9 aromatic rings. The standard InChI is InChI=1S/C13H24Si2.3C10H16Si.C10H14.4C9H12/c1-11-12(14(2,3)4)9-8-10-13(11)15(5,6)7;1-9-5-7-10(8-6-9)11(2,3)4;1-9-6-5-7-10(8-9)11(2,3)4;1-9-7-5-6-8-10(9)11(2,3)4;1-7-5-8(2)10(4)9(3)6-7;1-7-4-8(2)6-9(3)5-7;2*1-7-4-5-8(2)9(3)6-7;1-7-5-4-6-8(2)9(7)3/h8-10H,1-7H3;3*5-8H,1-4H3;5-6H,1-4H3;4*4-6H,1-3H3.